The van der Waals surface area contributed by atoms with Gasteiger partial charge in [-0.05, 0) is 31.2 Å². The van der Waals surface area contributed by atoms with E-state index >= 15 is 0 Å². The quantitative estimate of drug-likeness (QED) is 0.760. The molecule has 2 aromatic carbocycles. The van der Waals surface area contributed by atoms with Gasteiger partial charge in [0, 0.05) is 29.3 Å². The number of nitrogens with zero attached hydrogens (tertiary/aromatic N) is 2. The van der Waals surface area contributed by atoms with Gasteiger partial charge in [0.25, 0.3) is 0 Å². The van der Waals surface area contributed by atoms with Gasteiger partial charge in [-0.25, -0.2) is 4.99 Å². The van der Waals surface area contributed by atoms with Crippen LogP contribution in [0.5, 0.6) is 17.2 Å². The number of hydrogen-bond donors (Lipinski definition) is 1. The first-order chi connectivity index (χ1) is 14.1. The molecule has 1 N–H and O–H groups in total. The lowest BCUT2D eigenvalue weighted by Gasteiger charge is -2.29. The lowest BCUT2D eigenvalue weighted by Crippen LogP contribution is -2.28. The molecule has 0 atom stereocenters. The topological polar surface area (TPSA) is 55.3 Å². The van der Waals surface area contributed by atoms with Crippen LogP contribution in [0.3, 0.4) is 0 Å². The van der Waals surface area contributed by atoms with Crippen LogP contribution in [0.2, 0.25) is 0 Å². The maximum absolute atomic E-state index is 5.50. The van der Waals surface area contributed by atoms with E-state index in [0.717, 1.165) is 22.6 Å². The Morgan fingerprint density at radius 3 is 2.24 bits per heavy atom. The Bertz CT molecular complexity index is 953. The van der Waals surface area contributed by atoms with Crippen molar-refractivity contribution in [1.82, 2.24) is 4.90 Å². The number of allylic oxidation sites excluding steroid dienone is 1. The number of nitrogens with one attached hydrogen (secondary N) is 1. The zero-order valence-electron chi connectivity index (χ0n) is 17.1. The summed E-state index contributed by atoms with van der Waals surface area (Å²) in [5.74, 6) is 2.40. The Hall–Kier alpha value is -3.67. The average Bonchev–Trinajstić information content (AvgIpc) is 2.76. The molecule has 0 unspecified atom stereocenters. The minimum Gasteiger partial charge on any atom is -0.493 e. The maximum atomic E-state index is 5.50. The standard InChI is InChI=1S/C23H25N3O3/c1-6-19(17-14-20(27-3)22(29-5)21(15-17)28-4)26-13-12-24-23(16(26)2)25-18-10-8-7-9-11-18/h6-15H,2H2,1,3-5H3,(H,24,25)/b19-6-. The fourth-order valence-corrected chi connectivity index (χ4v) is 3.12. The summed E-state index contributed by atoms with van der Waals surface area (Å²) in [5, 5.41) is 3.32. The fraction of sp³-hybridized carbons (Fsp3) is 0.174. The number of rotatable bonds is 6. The lowest BCUT2D eigenvalue weighted by atomic mass is 10.1. The van der Waals surface area contributed by atoms with E-state index in [-0.39, 0.29) is 0 Å². The first-order valence-corrected chi connectivity index (χ1v) is 9.14. The molecular formula is C23H25N3O3. The molecule has 6 nitrogen and oxygen atoms in total. The molecule has 0 radical (unpaired) electrons. The number of aliphatic imine (C=N–C) groups is 1. The third-order valence-corrected chi connectivity index (χ3v) is 4.51. The number of anilines is 1. The van der Waals surface area contributed by atoms with E-state index < -0.39 is 0 Å². The van der Waals surface area contributed by atoms with Crippen molar-refractivity contribution < 1.29 is 14.2 Å². The van der Waals surface area contributed by atoms with Gasteiger partial charge in [-0.1, -0.05) is 30.9 Å². The smallest absolute Gasteiger partial charge is 0.203 e. The molecule has 1 aliphatic rings. The number of amidine groups is 1. The zero-order valence-corrected chi connectivity index (χ0v) is 17.1. The predicted octanol–water partition coefficient (Wildman–Crippen LogP) is 4.88. The van der Waals surface area contributed by atoms with Crippen molar-refractivity contribution in [3.05, 3.63) is 78.8 Å². The summed E-state index contributed by atoms with van der Waals surface area (Å²) in [6.07, 6.45) is 5.61. The summed E-state index contributed by atoms with van der Waals surface area (Å²) >= 11 is 0. The van der Waals surface area contributed by atoms with Gasteiger partial charge >= 0.3 is 0 Å². The van der Waals surface area contributed by atoms with E-state index in [1.807, 2.05) is 66.6 Å². The van der Waals surface area contributed by atoms with Crippen molar-refractivity contribution in [1.29, 1.82) is 0 Å². The van der Waals surface area contributed by atoms with Gasteiger partial charge in [-0.15, -0.1) is 0 Å². The first kappa shape index (κ1) is 20.1. The Morgan fingerprint density at radius 1 is 1.03 bits per heavy atom. The first-order valence-electron chi connectivity index (χ1n) is 9.14. The van der Waals surface area contributed by atoms with E-state index in [2.05, 4.69) is 16.9 Å². The number of hydrogen-bond acceptors (Lipinski definition) is 6. The normalized spacial score (nSPS) is 13.8. The molecule has 2 aromatic rings. The number of methoxy groups -OCH3 is 3. The van der Waals surface area contributed by atoms with Crippen LogP contribution in [-0.2, 0) is 0 Å². The van der Waals surface area contributed by atoms with E-state index in [0.29, 0.717) is 23.1 Å². The van der Waals surface area contributed by atoms with Crippen LogP contribution in [0.25, 0.3) is 5.70 Å². The molecule has 150 valence electrons. The van der Waals surface area contributed by atoms with Gasteiger partial charge in [-0.2, -0.15) is 0 Å². The van der Waals surface area contributed by atoms with Crippen LogP contribution in [-0.4, -0.2) is 32.1 Å². The Balaban J connectivity index is 1.94. The van der Waals surface area contributed by atoms with Crippen LogP contribution in [0.15, 0.2) is 78.2 Å². The number of benzene rings is 2. The highest BCUT2D eigenvalue weighted by Gasteiger charge is 2.22. The van der Waals surface area contributed by atoms with Crippen molar-refractivity contribution in [2.75, 3.05) is 26.6 Å². The summed E-state index contributed by atoms with van der Waals surface area (Å²) in [6, 6.07) is 13.7. The van der Waals surface area contributed by atoms with Gasteiger partial charge in [0.2, 0.25) is 5.75 Å². The van der Waals surface area contributed by atoms with Crippen LogP contribution in [0.1, 0.15) is 12.5 Å². The zero-order chi connectivity index (χ0) is 20.8. The van der Waals surface area contributed by atoms with Crippen LogP contribution >= 0.6 is 0 Å². The van der Waals surface area contributed by atoms with Crippen molar-refractivity contribution in [3.8, 4) is 17.2 Å². The third-order valence-electron chi connectivity index (χ3n) is 4.51. The molecule has 3 rings (SSSR count). The molecule has 0 amide bonds. The number of para-hydroxylation sites is 1. The molecule has 0 saturated heterocycles. The number of ether oxygens (including phenoxy) is 3. The maximum Gasteiger partial charge on any atom is 0.203 e. The molecule has 0 aromatic heterocycles. The van der Waals surface area contributed by atoms with Gasteiger partial charge in [0.1, 0.15) is 0 Å². The summed E-state index contributed by atoms with van der Waals surface area (Å²) < 4.78 is 16.4. The minimum absolute atomic E-state index is 0.551. The Labute approximate surface area is 171 Å². The Morgan fingerprint density at radius 2 is 1.69 bits per heavy atom. The molecule has 1 aliphatic heterocycles. The molecule has 0 bridgehead atoms. The second kappa shape index (κ2) is 9.01. The molecule has 0 aliphatic carbocycles. The van der Waals surface area contributed by atoms with Gasteiger partial charge in [-0.3, -0.25) is 0 Å². The highest BCUT2D eigenvalue weighted by Crippen LogP contribution is 2.41. The second-order valence-electron chi connectivity index (χ2n) is 6.17. The van der Waals surface area contributed by atoms with E-state index in [1.54, 1.807) is 27.5 Å². The molecule has 0 spiro atoms. The molecule has 6 heteroatoms. The highest BCUT2D eigenvalue weighted by atomic mass is 16.5. The summed E-state index contributed by atoms with van der Waals surface area (Å²) in [7, 11) is 4.79. The van der Waals surface area contributed by atoms with Crippen LogP contribution in [0, 0.1) is 0 Å². The van der Waals surface area contributed by atoms with Gasteiger partial charge in [0.15, 0.2) is 17.3 Å². The van der Waals surface area contributed by atoms with Crippen LogP contribution < -0.4 is 19.5 Å². The van der Waals surface area contributed by atoms with Gasteiger partial charge < -0.3 is 24.4 Å². The van der Waals surface area contributed by atoms with Crippen molar-refractivity contribution in [2.45, 2.75) is 6.92 Å². The summed E-state index contributed by atoms with van der Waals surface area (Å²) in [5.41, 5.74) is 3.47. The van der Waals surface area contributed by atoms with E-state index in [4.69, 9.17) is 14.2 Å². The molecule has 1 heterocycles. The second-order valence-corrected chi connectivity index (χ2v) is 6.17. The molecule has 0 saturated carbocycles. The van der Waals surface area contributed by atoms with Crippen molar-refractivity contribution in [3.63, 3.8) is 0 Å². The minimum atomic E-state index is 0.551. The Kier molecular flexibility index (Phi) is 6.24. The predicted molar refractivity (Wildman–Crippen MR) is 117 cm³/mol. The van der Waals surface area contributed by atoms with Crippen LogP contribution in [0.4, 0.5) is 5.69 Å². The van der Waals surface area contributed by atoms with E-state index in [1.165, 1.54) is 0 Å². The summed E-state index contributed by atoms with van der Waals surface area (Å²) in [6.45, 7) is 6.21. The largest absolute Gasteiger partial charge is 0.493 e. The molecule has 0 fully saturated rings. The molecule has 29 heavy (non-hydrogen) atoms. The highest BCUT2D eigenvalue weighted by molar-refractivity contribution is 6.09. The lowest BCUT2D eigenvalue weighted by molar-refractivity contribution is 0.324. The third kappa shape index (κ3) is 4.11. The monoisotopic (exact) mass is 391 g/mol. The molecular weight excluding hydrogens is 366 g/mol. The van der Waals surface area contributed by atoms with E-state index in [9.17, 15) is 0 Å². The summed E-state index contributed by atoms with van der Waals surface area (Å²) in [4.78, 5) is 6.42. The van der Waals surface area contributed by atoms with Gasteiger partial charge in [0.05, 0.1) is 27.0 Å². The fourth-order valence-electron chi connectivity index (χ4n) is 3.12. The SMILES string of the molecule is C=C1C(Nc2ccccc2)=NC=CN1/C(=C\C)c1cc(OC)c(OC)c(OC)c1. The van der Waals surface area contributed by atoms with Crippen molar-refractivity contribution in [2.24, 2.45) is 4.99 Å². The van der Waals surface area contributed by atoms with Crippen molar-refractivity contribution >= 4 is 17.2 Å². The average molecular weight is 391 g/mol.